The van der Waals surface area contributed by atoms with Gasteiger partial charge in [-0.25, -0.2) is 4.79 Å². The fraction of sp³-hybridized carbons (Fsp3) is 0.556. The van der Waals surface area contributed by atoms with Gasteiger partial charge in [0.25, 0.3) is 0 Å². The average Bonchev–Trinajstić information content (AvgIpc) is 3.05. The van der Waals surface area contributed by atoms with E-state index in [4.69, 9.17) is 9.47 Å². The van der Waals surface area contributed by atoms with E-state index >= 15 is 0 Å². The third-order valence-corrected chi connectivity index (χ3v) is 5.03. The molecule has 6 nitrogen and oxygen atoms in total. The van der Waals surface area contributed by atoms with Gasteiger partial charge < -0.3 is 19.7 Å². The van der Waals surface area contributed by atoms with Crippen molar-refractivity contribution < 1.29 is 19.1 Å². The topological polar surface area (TPSA) is 67.9 Å². The largest absolute Gasteiger partial charge is 0.466 e. The van der Waals surface area contributed by atoms with Gasteiger partial charge in [0.1, 0.15) is 6.61 Å². The van der Waals surface area contributed by atoms with Crippen molar-refractivity contribution in [3.63, 3.8) is 0 Å². The molecule has 0 spiro atoms. The number of nitrogens with zero attached hydrogens (tertiary/aromatic N) is 1. The molecule has 2 fully saturated rings. The first-order valence-electron chi connectivity index (χ1n) is 8.49. The third-order valence-electron chi connectivity index (χ3n) is 5.03. The molecule has 3 rings (SSSR count). The van der Waals surface area contributed by atoms with E-state index in [-0.39, 0.29) is 24.6 Å². The van der Waals surface area contributed by atoms with Gasteiger partial charge in [0.15, 0.2) is 0 Å². The molecule has 0 unspecified atom stereocenters. The van der Waals surface area contributed by atoms with E-state index in [0.29, 0.717) is 32.7 Å². The molecular weight excluding hydrogens is 308 g/mol. The number of amides is 1. The molecule has 1 aromatic rings. The van der Waals surface area contributed by atoms with Gasteiger partial charge in [0, 0.05) is 32.1 Å². The van der Waals surface area contributed by atoms with Gasteiger partial charge in [-0.2, -0.15) is 0 Å². The van der Waals surface area contributed by atoms with Crippen molar-refractivity contribution in [1.82, 2.24) is 10.2 Å². The van der Waals surface area contributed by atoms with Crippen molar-refractivity contribution in [2.24, 2.45) is 11.3 Å². The summed E-state index contributed by atoms with van der Waals surface area (Å²) < 4.78 is 10.7. The quantitative estimate of drug-likeness (QED) is 0.852. The maximum absolute atomic E-state index is 12.4. The minimum absolute atomic E-state index is 0.0783. The van der Waals surface area contributed by atoms with Crippen LogP contribution in [0.5, 0.6) is 0 Å². The fourth-order valence-electron chi connectivity index (χ4n) is 3.62. The Labute approximate surface area is 142 Å². The van der Waals surface area contributed by atoms with Crippen LogP contribution in [-0.4, -0.2) is 49.7 Å². The number of hydrogen-bond acceptors (Lipinski definition) is 5. The van der Waals surface area contributed by atoms with E-state index < -0.39 is 5.41 Å². The highest BCUT2D eigenvalue weighted by Gasteiger charge is 2.53. The van der Waals surface area contributed by atoms with Crippen LogP contribution >= 0.6 is 0 Å². The molecule has 1 N–H and O–H groups in total. The van der Waals surface area contributed by atoms with E-state index in [0.717, 1.165) is 12.1 Å². The molecule has 2 atom stereocenters. The molecule has 2 heterocycles. The van der Waals surface area contributed by atoms with Gasteiger partial charge in [0.05, 0.1) is 12.0 Å². The van der Waals surface area contributed by atoms with Gasteiger partial charge in [-0.05, 0) is 18.9 Å². The molecule has 1 amide bonds. The first-order valence-corrected chi connectivity index (χ1v) is 8.49. The first kappa shape index (κ1) is 16.8. The van der Waals surface area contributed by atoms with Crippen LogP contribution in [0.1, 0.15) is 18.9 Å². The maximum Gasteiger partial charge on any atom is 0.410 e. The number of nitrogens with one attached hydrogen (secondary N) is 1. The minimum atomic E-state index is -0.494. The molecule has 6 heteroatoms. The van der Waals surface area contributed by atoms with Crippen LogP contribution in [0.3, 0.4) is 0 Å². The lowest BCUT2D eigenvalue weighted by Crippen LogP contribution is -2.53. The predicted octanol–water partition coefficient (Wildman–Crippen LogP) is 1.80. The normalized spacial score (nSPS) is 25.9. The maximum atomic E-state index is 12.4. The monoisotopic (exact) mass is 332 g/mol. The smallest absolute Gasteiger partial charge is 0.410 e. The number of carbonyl (C=O) groups is 2. The highest BCUT2D eigenvalue weighted by molar-refractivity contribution is 5.79. The zero-order valence-corrected chi connectivity index (χ0v) is 14.0. The van der Waals surface area contributed by atoms with Crippen molar-refractivity contribution in [2.45, 2.75) is 20.0 Å². The van der Waals surface area contributed by atoms with Crippen LogP contribution in [-0.2, 0) is 20.9 Å². The van der Waals surface area contributed by atoms with Crippen LogP contribution < -0.4 is 5.32 Å². The van der Waals surface area contributed by atoms with Crippen molar-refractivity contribution in [2.75, 3.05) is 32.8 Å². The van der Waals surface area contributed by atoms with E-state index in [2.05, 4.69) is 5.32 Å². The summed E-state index contributed by atoms with van der Waals surface area (Å²) in [6.45, 7) is 4.87. The number of fused-ring (bicyclic) bond motifs is 1. The summed E-state index contributed by atoms with van der Waals surface area (Å²) in [6, 6.07) is 9.62. The molecule has 0 aliphatic carbocycles. The second-order valence-corrected chi connectivity index (χ2v) is 6.44. The number of piperidine rings is 1. The van der Waals surface area contributed by atoms with Gasteiger partial charge in [-0.15, -0.1) is 0 Å². The zero-order valence-electron chi connectivity index (χ0n) is 14.0. The summed E-state index contributed by atoms with van der Waals surface area (Å²) in [7, 11) is 0. The van der Waals surface area contributed by atoms with Gasteiger partial charge in [0.2, 0.25) is 0 Å². The average molecular weight is 332 g/mol. The molecule has 2 saturated heterocycles. The first-order chi connectivity index (χ1) is 11.7. The summed E-state index contributed by atoms with van der Waals surface area (Å²) in [5.74, 6) is -0.0631. The summed E-state index contributed by atoms with van der Waals surface area (Å²) >= 11 is 0. The Bertz CT molecular complexity index is 592. The lowest BCUT2D eigenvalue weighted by atomic mass is 9.72. The van der Waals surface area contributed by atoms with E-state index in [1.54, 1.807) is 4.90 Å². The van der Waals surface area contributed by atoms with Crippen molar-refractivity contribution in [3.8, 4) is 0 Å². The Morgan fingerprint density at radius 2 is 2.08 bits per heavy atom. The molecule has 1 aromatic carbocycles. The number of benzene rings is 1. The van der Waals surface area contributed by atoms with E-state index in [1.165, 1.54) is 0 Å². The second kappa shape index (κ2) is 7.21. The van der Waals surface area contributed by atoms with Crippen molar-refractivity contribution in [1.29, 1.82) is 0 Å². The number of ether oxygens (including phenoxy) is 2. The molecule has 0 bridgehead atoms. The van der Waals surface area contributed by atoms with Crippen LogP contribution in [0.15, 0.2) is 30.3 Å². The molecule has 2 aliphatic heterocycles. The zero-order chi connectivity index (χ0) is 17.0. The SMILES string of the molecule is CCOC(=O)[C@]12CCN(C(=O)OCc3ccccc3)C[C@H]1CNC2. The number of esters is 1. The summed E-state index contributed by atoms with van der Waals surface area (Å²) in [5, 5.41) is 3.28. The molecule has 24 heavy (non-hydrogen) atoms. The Morgan fingerprint density at radius 3 is 2.83 bits per heavy atom. The minimum Gasteiger partial charge on any atom is -0.466 e. The molecule has 0 aromatic heterocycles. The number of carbonyl (C=O) groups excluding carboxylic acids is 2. The number of likely N-dealkylation sites (tertiary alicyclic amines) is 1. The van der Waals surface area contributed by atoms with E-state index in [9.17, 15) is 9.59 Å². The summed E-state index contributed by atoms with van der Waals surface area (Å²) in [6.07, 6.45) is 0.299. The highest BCUT2D eigenvalue weighted by Crippen LogP contribution is 2.40. The van der Waals surface area contributed by atoms with E-state index in [1.807, 2.05) is 37.3 Å². The number of rotatable bonds is 4. The third kappa shape index (κ3) is 3.24. The molecular formula is C18H24N2O4. The number of hydrogen-bond donors (Lipinski definition) is 1. The van der Waals surface area contributed by atoms with Gasteiger partial charge in [-0.3, -0.25) is 4.79 Å². The van der Waals surface area contributed by atoms with Gasteiger partial charge >= 0.3 is 12.1 Å². The predicted molar refractivity (Wildman–Crippen MR) is 88.2 cm³/mol. The second-order valence-electron chi connectivity index (χ2n) is 6.44. The molecule has 0 saturated carbocycles. The lowest BCUT2D eigenvalue weighted by molar-refractivity contribution is -0.159. The fourth-order valence-corrected chi connectivity index (χ4v) is 3.62. The Balaban J connectivity index is 1.58. The van der Waals surface area contributed by atoms with Crippen LogP contribution in [0.25, 0.3) is 0 Å². The van der Waals surface area contributed by atoms with Crippen LogP contribution in [0.4, 0.5) is 4.79 Å². The standard InChI is InChI=1S/C18H24N2O4/c1-2-23-16(21)18-8-9-20(11-15(18)10-19-13-18)17(22)24-12-14-6-4-3-5-7-14/h3-7,15,19H,2,8-13H2,1H3/t15-,18+/m1/s1. The Morgan fingerprint density at radius 1 is 1.29 bits per heavy atom. The molecule has 2 aliphatic rings. The summed E-state index contributed by atoms with van der Waals surface area (Å²) in [4.78, 5) is 26.4. The lowest BCUT2D eigenvalue weighted by Gasteiger charge is -2.41. The highest BCUT2D eigenvalue weighted by atomic mass is 16.6. The van der Waals surface area contributed by atoms with Crippen LogP contribution in [0, 0.1) is 11.3 Å². The molecule has 0 radical (unpaired) electrons. The van der Waals surface area contributed by atoms with Crippen LogP contribution in [0.2, 0.25) is 0 Å². The van der Waals surface area contributed by atoms with Crippen molar-refractivity contribution in [3.05, 3.63) is 35.9 Å². The molecule has 130 valence electrons. The Hall–Kier alpha value is -2.08. The van der Waals surface area contributed by atoms with Crippen molar-refractivity contribution >= 4 is 12.1 Å². The Kier molecular flexibility index (Phi) is 5.04. The van der Waals surface area contributed by atoms with Gasteiger partial charge in [-0.1, -0.05) is 30.3 Å². The summed E-state index contributed by atoms with van der Waals surface area (Å²) in [5.41, 5.74) is 0.470.